The van der Waals surface area contributed by atoms with Crippen LogP contribution in [-0.4, -0.2) is 46.5 Å². The minimum atomic E-state index is -0.327. The number of hydrogen-bond donors (Lipinski definition) is 1. The number of nitrogens with one attached hydrogen (secondary N) is 1. The summed E-state index contributed by atoms with van der Waals surface area (Å²) in [4.78, 5) is 38.0. The summed E-state index contributed by atoms with van der Waals surface area (Å²) in [6.45, 7) is 7.68. The zero-order valence-corrected chi connectivity index (χ0v) is 14.9. The first-order valence-corrected chi connectivity index (χ1v) is 8.26. The van der Waals surface area contributed by atoms with Crippen molar-refractivity contribution in [3.8, 4) is 0 Å². The first-order valence-electron chi connectivity index (χ1n) is 8.26. The summed E-state index contributed by atoms with van der Waals surface area (Å²) in [5, 5.41) is 2.73. The van der Waals surface area contributed by atoms with E-state index in [9.17, 15) is 9.59 Å². The maximum atomic E-state index is 12.7. The monoisotopic (exact) mass is 367 g/mol. The highest BCUT2D eigenvalue weighted by atomic mass is 16.3. The van der Waals surface area contributed by atoms with Crippen LogP contribution in [0.25, 0.3) is 0 Å². The molecular formula is C19H21N5O3. The van der Waals surface area contributed by atoms with E-state index in [1.807, 2.05) is 0 Å². The fraction of sp³-hybridized carbons (Fsp3) is 0.211. The molecule has 0 unspecified atom stereocenters. The van der Waals surface area contributed by atoms with Crippen LogP contribution in [0.3, 0.4) is 0 Å². The molecule has 8 nitrogen and oxygen atoms in total. The Bertz CT molecular complexity index is 800. The van der Waals surface area contributed by atoms with Crippen LogP contribution in [-0.2, 0) is 11.3 Å². The van der Waals surface area contributed by atoms with Crippen molar-refractivity contribution in [3.05, 3.63) is 72.9 Å². The third kappa shape index (κ3) is 6.35. The van der Waals surface area contributed by atoms with Gasteiger partial charge in [-0.25, -0.2) is 4.98 Å². The highest BCUT2D eigenvalue weighted by Crippen LogP contribution is 2.09. The highest BCUT2D eigenvalue weighted by molar-refractivity contribution is 5.92. The Morgan fingerprint density at radius 1 is 1.37 bits per heavy atom. The normalized spacial score (nSPS) is 10.9. The Hall–Kier alpha value is -3.55. The maximum absolute atomic E-state index is 12.7. The molecule has 0 radical (unpaired) electrons. The predicted molar refractivity (Wildman–Crippen MR) is 101 cm³/mol. The van der Waals surface area contributed by atoms with Gasteiger partial charge in [0.1, 0.15) is 11.5 Å². The molecule has 0 saturated carbocycles. The number of allylic oxidation sites excluding steroid dienone is 2. The summed E-state index contributed by atoms with van der Waals surface area (Å²) >= 11 is 0. The van der Waals surface area contributed by atoms with Crippen LogP contribution in [0.5, 0.6) is 0 Å². The van der Waals surface area contributed by atoms with Gasteiger partial charge >= 0.3 is 0 Å². The van der Waals surface area contributed by atoms with Crippen LogP contribution in [0.1, 0.15) is 22.7 Å². The zero-order valence-electron chi connectivity index (χ0n) is 14.9. The molecule has 1 N–H and O–H groups in total. The maximum Gasteiger partial charge on any atom is 0.274 e. The number of carbonyl (C=O) groups excluding carboxylic acids is 2. The summed E-state index contributed by atoms with van der Waals surface area (Å²) in [5.74, 6) is 0.0667. The lowest BCUT2D eigenvalue weighted by molar-refractivity contribution is -0.121. The van der Waals surface area contributed by atoms with Crippen molar-refractivity contribution >= 4 is 18.5 Å². The molecule has 2 heterocycles. The van der Waals surface area contributed by atoms with E-state index in [0.717, 1.165) is 0 Å². The van der Waals surface area contributed by atoms with Gasteiger partial charge in [0.25, 0.3) is 5.91 Å². The van der Waals surface area contributed by atoms with Gasteiger partial charge in [0.05, 0.1) is 31.2 Å². The molecule has 0 aromatic carbocycles. The highest BCUT2D eigenvalue weighted by Gasteiger charge is 2.19. The predicted octanol–water partition coefficient (Wildman–Crippen LogP) is 1.99. The van der Waals surface area contributed by atoms with Gasteiger partial charge in [0.15, 0.2) is 0 Å². The number of aromatic nitrogens is 2. The number of rotatable bonds is 10. The van der Waals surface area contributed by atoms with E-state index in [0.29, 0.717) is 11.5 Å². The molecule has 2 rings (SSSR count). The third-order valence-electron chi connectivity index (χ3n) is 3.59. The van der Waals surface area contributed by atoms with Gasteiger partial charge in [-0.2, -0.15) is 0 Å². The molecule has 2 aromatic rings. The van der Waals surface area contributed by atoms with Crippen LogP contribution in [0.2, 0.25) is 0 Å². The lowest BCUT2D eigenvalue weighted by atomic mass is 10.2. The van der Waals surface area contributed by atoms with Gasteiger partial charge in [-0.05, 0) is 24.9 Å². The van der Waals surface area contributed by atoms with E-state index in [4.69, 9.17) is 4.42 Å². The van der Waals surface area contributed by atoms with Crippen LogP contribution >= 0.6 is 0 Å². The molecule has 2 amide bonds. The van der Waals surface area contributed by atoms with Gasteiger partial charge in [0.2, 0.25) is 5.91 Å². The second kappa shape index (κ2) is 10.4. The quantitative estimate of drug-likeness (QED) is 0.511. The van der Waals surface area contributed by atoms with E-state index in [-0.39, 0.29) is 43.6 Å². The molecule has 0 aliphatic carbocycles. The molecule has 2 aromatic heterocycles. The molecule has 0 aliphatic rings. The van der Waals surface area contributed by atoms with E-state index in [1.54, 1.807) is 24.3 Å². The van der Waals surface area contributed by atoms with Crippen LogP contribution in [0.4, 0.5) is 0 Å². The molecule has 0 fully saturated rings. The molecule has 0 aliphatic heterocycles. The van der Waals surface area contributed by atoms with Crippen molar-refractivity contribution in [2.45, 2.75) is 13.0 Å². The number of nitrogens with zero attached hydrogens (tertiary/aromatic N) is 4. The molecule has 0 bridgehead atoms. The zero-order chi connectivity index (χ0) is 19.5. The second-order valence-electron chi connectivity index (χ2n) is 5.48. The van der Waals surface area contributed by atoms with Gasteiger partial charge in [-0.3, -0.25) is 19.6 Å². The van der Waals surface area contributed by atoms with Crippen LogP contribution in [0, 0.1) is 0 Å². The molecule has 0 spiro atoms. The summed E-state index contributed by atoms with van der Waals surface area (Å²) in [7, 11) is 0. The summed E-state index contributed by atoms with van der Waals surface area (Å²) < 4.78 is 5.31. The Balaban J connectivity index is 1.98. The minimum Gasteiger partial charge on any atom is -0.467 e. The van der Waals surface area contributed by atoms with Crippen molar-refractivity contribution in [2.24, 2.45) is 4.99 Å². The summed E-state index contributed by atoms with van der Waals surface area (Å²) in [6.07, 6.45) is 9.20. The van der Waals surface area contributed by atoms with Gasteiger partial charge in [0, 0.05) is 25.4 Å². The fourth-order valence-electron chi connectivity index (χ4n) is 2.23. The molecule has 0 saturated heterocycles. The van der Waals surface area contributed by atoms with Gasteiger partial charge in [-0.15, -0.1) is 0 Å². The average Bonchev–Trinajstić information content (AvgIpc) is 3.21. The van der Waals surface area contributed by atoms with Crippen molar-refractivity contribution in [1.29, 1.82) is 0 Å². The Labute approximate surface area is 157 Å². The third-order valence-corrected chi connectivity index (χ3v) is 3.59. The Morgan fingerprint density at radius 3 is 2.85 bits per heavy atom. The summed E-state index contributed by atoms with van der Waals surface area (Å²) in [5.41, 5.74) is 0.804. The molecule has 8 heteroatoms. The number of hydrogen-bond acceptors (Lipinski definition) is 6. The summed E-state index contributed by atoms with van der Waals surface area (Å²) in [6, 6.07) is 3.50. The Kier molecular flexibility index (Phi) is 7.65. The number of amides is 2. The van der Waals surface area contributed by atoms with Crippen LogP contribution < -0.4 is 5.32 Å². The minimum absolute atomic E-state index is 0.116. The number of furan rings is 1. The lowest BCUT2D eigenvalue weighted by Crippen LogP contribution is -2.35. The second-order valence-corrected chi connectivity index (χ2v) is 5.48. The molecule has 0 atom stereocenters. The van der Waals surface area contributed by atoms with E-state index in [2.05, 4.69) is 33.6 Å². The SMILES string of the molecule is C=C/C=C(/CNC(=O)CCN(Cc1ccco1)C(=O)c1cnccn1)N=C. The van der Waals surface area contributed by atoms with Crippen molar-refractivity contribution < 1.29 is 14.0 Å². The average molecular weight is 367 g/mol. The largest absolute Gasteiger partial charge is 0.467 e. The fourth-order valence-corrected chi connectivity index (χ4v) is 2.23. The van der Waals surface area contributed by atoms with Gasteiger partial charge in [-0.1, -0.05) is 12.7 Å². The topological polar surface area (TPSA) is 101 Å². The molecule has 27 heavy (non-hydrogen) atoms. The molecular weight excluding hydrogens is 346 g/mol. The smallest absolute Gasteiger partial charge is 0.274 e. The lowest BCUT2D eigenvalue weighted by Gasteiger charge is -2.21. The van der Waals surface area contributed by atoms with E-state index < -0.39 is 0 Å². The van der Waals surface area contributed by atoms with Crippen molar-refractivity contribution in [1.82, 2.24) is 20.2 Å². The van der Waals surface area contributed by atoms with Crippen molar-refractivity contribution in [2.75, 3.05) is 13.1 Å². The standard InChI is InChI=1S/C19H21N5O3/c1-3-5-15(20-2)12-23-18(25)7-10-24(14-16-6-4-11-27-16)19(26)17-13-21-8-9-22-17/h3-6,8-9,11,13H,1-2,7,10,12,14H2,(H,23,25)/b15-5-. The van der Waals surface area contributed by atoms with Crippen LogP contribution in [0.15, 0.2) is 70.8 Å². The van der Waals surface area contributed by atoms with E-state index >= 15 is 0 Å². The number of carbonyl (C=O) groups is 2. The molecule has 140 valence electrons. The van der Waals surface area contributed by atoms with E-state index in [1.165, 1.54) is 29.8 Å². The number of aliphatic imine (C=N–C) groups is 1. The Morgan fingerprint density at radius 2 is 2.22 bits per heavy atom. The first-order chi connectivity index (χ1) is 13.1. The van der Waals surface area contributed by atoms with Gasteiger partial charge < -0.3 is 14.6 Å². The van der Waals surface area contributed by atoms with Crippen molar-refractivity contribution in [3.63, 3.8) is 0 Å². The first kappa shape index (κ1) is 19.8.